The number of ketones is 1. The highest BCUT2D eigenvalue weighted by atomic mass is 79.9. The number of halogens is 1. The summed E-state index contributed by atoms with van der Waals surface area (Å²) in [6.45, 7) is 1.43. The molecule has 0 atom stereocenters. The van der Waals surface area contributed by atoms with Crippen molar-refractivity contribution in [1.29, 1.82) is 0 Å². The van der Waals surface area contributed by atoms with E-state index in [-0.39, 0.29) is 5.78 Å². The van der Waals surface area contributed by atoms with Crippen LogP contribution in [0.3, 0.4) is 0 Å². The lowest BCUT2D eigenvalue weighted by molar-refractivity contribution is 0.101. The molecule has 1 aromatic rings. The van der Waals surface area contributed by atoms with Gasteiger partial charge in [0, 0.05) is 20.6 Å². The molecule has 5 heteroatoms. The number of carbonyl (C=O) groups is 1. The van der Waals surface area contributed by atoms with E-state index in [1.165, 1.54) is 6.92 Å². The molecule has 0 amide bonds. The van der Waals surface area contributed by atoms with E-state index >= 15 is 0 Å². The normalized spacial score (nSPS) is 9.08. The molecule has 66 valence electrons. The predicted octanol–water partition coefficient (Wildman–Crippen LogP) is 3.59. The number of rotatable bonds is 2. The fourth-order valence-corrected chi connectivity index (χ4v) is 1.29. The van der Waals surface area contributed by atoms with Crippen LogP contribution >= 0.6 is 15.9 Å². The number of carbonyl (C=O) groups excluding carboxylic acids is 1. The first-order valence-corrected chi connectivity index (χ1v) is 4.30. The second-order valence-electron chi connectivity index (χ2n) is 2.41. The van der Waals surface area contributed by atoms with Crippen molar-refractivity contribution < 1.29 is 4.79 Å². The lowest BCUT2D eigenvalue weighted by Crippen LogP contribution is -1.91. The van der Waals surface area contributed by atoms with E-state index < -0.39 is 0 Å². The number of hydrogen-bond donors (Lipinski definition) is 0. The Morgan fingerprint density at radius 3 is 2.85 bits per heavy atom. The molecule has 0 aromatic heterocycles. The standard InChI is InChI=1S/C8H6BrN3O/c1-5(13)7-4-6(9)2-3-8(7)11-12-10/h2-4H,1H3. The summed E-state index contributed by atoms with van der Waals surface area (Å²) in [7, 11) is 0. The quantitative estimate of drug-likeness (QED) is 0.337. The van der Waals surface area contributed by atoms with Crippen LogP contribution in [0.5, 0.6) is 0 Å². The van der Waals surface area contributed by atoms with Crippen LogP contribution in [0, 0.1) is 0 Å². The first-order valence-electron chi connectivity index (χ1n) is 3.50. The second kappa shape index (κ2) is 4.07. The molecule has 0 saturated carbocycles. The van der Waals surface area contributed by atoms with Gasteiger partial charge in [0.1, 0.15) is 0 Å². The van der Waals surface area contributed by atoms with Gasteiger partial charge in [0.25, 0.3) is 0 Å². The number of hydrogen-bond acceptors (Lipinski definition) is 2. The van der Waals surface area contributed by atoms with E-state index in [0.29, 0.717) is 11.3 Å². The maximum absolute atomic E-state index is 11.1. The second-order valence-corrected chi connectivity index (χ2v) is 3.32. The SMILES string of the molecule is CC(=O)c1cc(Br)ccc1N=[N+]=[N-]. The summed E-state index contributed by atoms with van der Waals surface area (Å²) >= 11 is 3.23. The molecule has 0 fully saturated rings. The van der Waals surface area contributed by atoms with Gasteiger partial charge in [-0.2, -0.15) is 0 Å². The Morgan fingerprint density at radius 2 is 2.31 bits per heavy atom. The van der Waals surface area contributed by atoms with Crippen LogP contribution in [0.4, 0.5) is 5.69 Å². The van der Waals surface area contributed by atoms with E-state index in [9.17, 15) is 4.79 Å². The molecule has 4 nitrogen and oxygen atoms in total. The van der Waals surface area contributed by atoms with Crippen LogP contribution in [-0.4, -0.2) is 5.78 Å². The molecule has 0 aliphatic carbocycles. The number of Topliss-reactive ketones (excluding diaryl/α,β-unsaturated/α-hetero) is 1. The smallest absolute Gasteiger partial charge is 0.160 e. The van der Waals surface area contributed by atoms with Gasteiger partial charge >= 0.3 is 0 Å². The van der Waals surface area contributed by atoms with E-state index in [1.54, 1.807) is 18.2 Å². The Labute approximate surface area is 83.3 Å². The number of benzene rings is 1. The molecule has 13 heavy (non-hydrogen) atoms. The summed E-state index contributed by atoms with van der Waals surface area (Å²) in [6, 6.07) is 4.95. The summed E-state index contributed by atoms with van der Waals surface area (Å²) in [5.41, 5.74) is 9.01. The van der Waals surface area contributed by atoms with Gasteiger partial charge in [0.15, 0.2) is 5.78 Å². The van der Waals surface area contributed by atoms with Crippen molar-refractivity contribution in [2.45, 2.75) is 6.92 Å². The van der Waals surface area contributed by atoms with Crippen LogP contribution in [-0.2, 0) is 0 Å². The zero-order valence-corrected chi connectivity index (χ0v) is 8.45. The minimum absolute atomic E-state index is 0.122. The fourth-order valence-electron chi connectivity index (χ4n) is 0.926. The van der Waals surface area contributed by atoms with Crippen LogP contribution in [0.2, 0.25) is 0 Å². The molecule has 0 aliphatic heterocycles. The van der Waals surface area contributed by atoms with Gasteiger partial charge in [-0.3, -0.25) is 4.79 Å². The lowest BCUT2D eigenvalue weighted by atomic mass is 10.1. The summed E-state index contributed by atoms with van der Waals surface area (Å²) in [5.74, 6) is -0.122. The van der Waals surface area contributed by atoms with E-state index in [0.717, 1.165) is 4.47 Å². The van der Waals surface area contributed by atoms with Crippen molar-refractivity contribution in [3.05, 3.63) is 38.7 Å². The Bertz CT molecular complexity index is 396. The van der Waals surface area contributed by atoms with Crippen LogP contribution < -0.4 is 0 Å². The van der Waals surface area contributed by atoms with Crippen molar-refractivity contribution in [3.8, 4) is 0 Å². The first kappa shape index (κ1) is 9.77. The zero-order chi connectivity index (χ0) is 9.84. The molecular formula is C8H6BrN3O. The predicted molar refractivity (Wildman–Crippen MR) is 53.0 cm³/mol. The molecule has 0 unspecified atom stereocenters. The monoisotopic (exact) mass is 239 g/mol. The van der Waals surface area contributed by atoms with Crippen molar-refractivity contribution in [2.24, 2.45) is 5.11 Å². The highest BCUT2D eigenvalue weighted by Gasteiger charge is 2.05. The molecule has 1 rings (SSSR count). The largest absolute Gasteiger partial charge is 0.294 e. The highest BCUT2D eigenvalue weighted by Crippen LogP contribution is 2.23. The van der Waals surface area contributed by atoms with Gasteiger partial charge < -0.3 is 0 Å². The molecule has 0 saturated heterocycles. The van der Waals surface area contributed by atoms with Gasteiger partial charge in [-0.25, -0.2) is 0 Å². The first-order chi connectivity index (χ1) is 6.15. The maximum atomic E-state index is 11.1. The fraction of sp³-hybridized carbons (Fsp3) is 0.125. The van der Waals surface area contributed by atoms with E-state index in [1.807, 2.05) is 0 Å². The van der Waals surface area contributed by atoms with E-state index in [4.69, 9.17) is 5.53 Å². The van der Waals surface area contributed by atoms with Crippen LogP contribution in [0.25, 0.3) is 10.4 Å². The molecule has 0 radical (unpaired) electrons. The van der Waals surface area contributed by atoms with Gasteiger partial charge in [-0.1, -0.05) is 27.1 Å². The molecular weight excluding hydrogens is 234 g/mol. The van der Waals surface area contributed by atoms with Gasteiger partial charge in [0.2, 0.25) is 0 Å². The van der Waals surface area contributed by atoms with Crippen molar-refractivity contribution in [1.82, 2.24) is 0 Å². The average molecular weight is 240 g/mol. The molecule has 0 spiro atoms. The van der Waals surface area contributed by atoms with Gasteiger partial charge in [-0.05, 0) is 24.6 Å². The summed E-state index contributed by atoms with van der Waals surface area (Å²) < 4.78 is 0.787. The van der Waals surface area contributed by atoms with Crippen molar-refractivity contribution >= 4 is 27.4 Å². The lowest BCUT2D eigenvalue weighted by Gasteiger charge is -2.00. The molecule has 1 aromatic carbocycles. The topological polar surface area (TPSA) is 65.8 Å². The molecule has 0 bridgehead atoms. The van der Waals surface area contributed by atoms with Crippen LogP contribution in [0.15, 0.2) is 27.8 Å². The maximum Gasteiger partial charge on any atom is 0.160 e. The van der Waals surface area contributed by atoms with Crippen molar-refractivity contribution in [3.63, 3.8) is 0 Å². The Balaban J connectivity index is 3.34. The van der Waals surface area contributed by atoms with E-state index in [2.05, 4.69) is 26.0 Å². The average Bonchev–Trinajstić information content (AvgIpc) is 2.08. The third-order valence-corrected chi connectivity index (χ3v) is 1.98. The van der Waals surface area contributed by atoms with Crippen LogP contribution in [0.1, 0.15) is 17.3 Å². The Morgan fingerprint density at radius 1 is 1.62 bits per heavy atom. The molecule has 0 heterocycles. The van der Waals surface area contributed by atoms with Gasteiger partial charge in [-0.15, -0.1) is 0 Å². The Kier molecular flexibility index (Phi) is 3.06. The number of azide groups is 1. The minimum Gasteiger partial charge on any atom is -0.294 e. The summed E-state index contributed by atoms with van der Waals surface area (Å²) in [4.78, 5) is 13.7. The summed E-state index contributed by atoms with van der Waals surface area (Å²) in [5, 5.41) is 3.41. The third-order valence-electron chi connectivity index (χ3n) is 1.49. The highest BCUT2D eigenvalue weighted by molar-refractivity contribution is 9.10. The van der Waals surface area contributed by atoms with Crippen molar-refractivity contribution in [2.75, 3.05) is 0 Å². The minimum atomic E-state index is -0.122. The number of nitrogens with zero attached hydrogens (tertiary/aromatic N) is 3. The molecule has 0 N–H and O–H groups in total. The Hall–Kier alpha value is -1.32. The zero-order valence-electron chi connectivity index (χ0n) is 6.86. The van der Waals surface area contributed by atoms with Gasteiger partial charge in [0.05, 0.1) is 0 Å². The third kappa shape index (κ3) is 2.31. The molecule has 0 aliphatic rings. The summed E-state index contributed by atoms with van der Waals surface area (Å²) in [6.07, 6.45) is 0.